The standard InChI is InChI=1S/C25H34N4O/c1-27-13-7-11-23(19-27)29-16-14-28(15-17-29)20-25(30)26-24-12-6-5-10-22(24)18-21-8-3-2-4-9-21/h2-6,8-10,12,23H,7,11,13-20H2,1H3,(H,26,30). The fourth-order valence-corrected chi connectivity index (χ4v) is 4.73. The van der Waals surface area contributed by atoms with Gasteiger partial charge in [0.05, 0.1) is 6.54 Å². The number of carbonyl (C=O) groups excluding carboxylic acids is 1. The second kappa shape index (κ2) is 10.2. The first-order valence-electron chi connectivity index (χ1n) is 11.2. The molecule has 2 aromatic rings. The maximum atomic E-state index is 12.7. The van der Waals surface area contributed by atoms with Crippen LogP contribution in [0.25, 0.3) is 0 Å². The van der Waals surface area contributed by atoms with Crippen LogP contribution in [0.3, 0.4) is 0 Å². The van der Waals surface area contributed by atoms with E-state index in [9.17, 15) is 4.79 Å². The average molecular weight is 407 g/mol. The number of carbonyl (C=O) groups is 1. The van der Waals surface area contributed by atoms with Crippen molar-refractivity contribution in [3.63, 3.8) is 0 Å². The number of amides is 1. The van der Waals surface area contributed by atoms with Crippen LogP contribution in [0.2, 0.25) is 0 Å². The molecule has 0 saturated carbocycles. The van der Waals surface area contributed by atoms with Crippen LogP contribution in [0.15, 0.2) is 54.6 Å². The summed E-state index contributed by atoms with van der Waals surface area (Å²) in [5.74, 6) is 0.0846. The largest absolute Gasteiger partial charge is 0.325 e. The molecular formula is C25H34N4O. The maximum absolute atomic E-state index is 12.7. The van der Waals surface area contributed by atoms with E-state index in [2.05, 4.69) is 57.4 Å². The highest BCUT2D eigenvalue weighted by molar-refractivity contribution is 5.93. The van der Waals surface area contributed by atoms with Crippen molar-refractivity contribution in [2.24, 2.45) is 0 Å². The van der Waals surface area contributed by atoms with Gasteiger partial charge in [0, 0.05) is 44.5 Å². The Hall–Kier alpha value is -2.21. The lowest BCUT2D eigenvalue weighted by Gasteiger charge is -2.42. The van der Waals surface area contributed by atoms with E-state index in [-0.39, 0.29) is 5.91 Å². The molecule has 4 rings (SSSR count). The fraction of sp³-hybridized carbons (Fsp3) is 0.480. The normalized spacial score (nSPS) is 21.4. The molecule has 1 atom stereocenters. The lowest BCUT2D eigenvalue weighted by atomic mass is 10.0. The Balaban J connectivity index is 1.27. The molecule has 0 aromatic heterocycles. The van der Waals surface area contributed by atoms with Gasteiger partial charge in [0.2, 0.25) is 5.91 Å². The van der Waals surface area contributed by atoms with Crippen LogP contribution in [0, 0.1) is 0 Å². The molecule has 5 heteroatoms. The summed E-state index contributed by atoms with van der Waals surface area (Å²) in [7, 11) is 2.22. The summed E-state index contributed by atoms with van der Waals surface area (Å²) in [5, 5.41) is 3.16. The minimum atomic E-state index is 0.0846. The van der Waals surface area contributed by atoms with Crippen LogP contribution >= 0.6 is 0 Å². The predicted octanol–water partition coefficient (Wildman–Crippen LogP) is 2.93. The molecule has 5 nitrogen and oxygen atoms in total. The van der Waals surface area contributed by atoms with Crippen molar-refractivity contribution in [3.05, 3.63) is 65.7 Å². The summed E-state index contributed by atoms with van der Waals surface area (Å²) in [6.45, 7) is 6.95. The Morgan fingerprint density at radius 1 is 0.967 bits per heavy atom. The second-order valence-corrected chi connectivity index (χ2v) is 8.74. The van der Waals surface area contributed by atoms with Crippen LogP contribution in [-0.4, -0.2) is 79.5 Å². The van der Waals surface area contributed by atoms with Crippen molar-refractivity contribution >= 4 is 11.6 Å². The van der Waals surface area contributed by atoms with E-state index in [1.807, 2.05) is 24.3 Å². The van der Waals surface area contributed by atoms with Gasteiger partial charge < -0.3 is 10.2 Å². The third-order valence-corrected chi connectivity index (χ3v) is 6.42. The number of nitrogens with zero attached hydrogens (tertiary/aromatic N) is 3. The molecule has 2 aliphatic heterocycles. The molecule has 0 spiro atoms. The average Bonchev–Trinajstić information content (AvgIpc) is 2.76. The van der Waals surface area contributed by atoms with Gasteiger partial charge in [-0.1, -0.05) is 48.5 Å². The summed E-state index contributed by atoms with van der Waals surface area (Å²) in [6.07, 6.45) is 3.43. The molecular weight excluding hydrogens is 372 g/mol. The van der Waals surface area contributed by atoms with Crippen molar-refractivity contribution in [3.8, 4) is 0 Å². The van der Waals surface area contributed by atoms with E-state index in [4.69, 9.17) is 0 Å². The third kappa shape index (κ3) is 5.69. The third-order valence-electron chi connectivity index (χ3n) is 6.42. The van der Waals surface area contributed by atoms with Gasteiger partial charge in [0.25, 0.3) is 0 Å². The fourth-order valence-electron chi connectivity index (χ4n) is 4.73. The number of anilines is 1. The summed E-state index contributed by atoms with van der Waals surface area (Å²) >= 11 is 0. The summed E-state index contributed by atoms with van der Waals surface area (Å²) in [4.78, 5) is 20.1. The zero-order valence-electron chi connectivity index (χ0n) is 18.1. The van der Waals surface area contributed by atoms with E-state index >= 15 is 0 Å². The van der Waals surface area contributed by atoms with E-state index in [0.717, 1.165) is 43.9 Å². The number of likely N-dealkylation sites (N-methyl/N-ethyl adjacent to an activating group) is 1. The Bertz CT molecular complexity index is 817. The molecule has 2 saturated heterocycles. The molecule has 2 aliphatic rings. The lowest BCUT2D eigenvalue weighted by molar-refractivity contribution is -0.117. The minimum Gasteiger partial charge on any atom is -0.325 e. The Labute approximate surface area is 180 Å². The van der Waals surface area contributed by atoms with Gasteiger partial charge in [-0.2, -0.15) is 0 Å². The molecule has 1 N–H and O–H groups in total. The number of para-hydroxylation sites is 1. The number of likely N-dealkylation sites (tertiary alicyclic amines) is 1. The molecule has 0 bridgehead atoms. The minimum absolute atomic E-state index is 0.0846. The van der Waals surface area contributed by atoms with Crippen LogP contribution < -0.4 is 5.32 Å². The molecule has 1 unspecified atom stereocenters. The van der Waals surface area contributed by atoms with Crippen molar-refractivity contribution in [1.82, 2.24) is 14.7 Å². The SMILES string of the molecule is CN1CCCC(N2CCN(CC(=O)Nc3ccccc3Cc3ccccc3)CC2)C1. The van der Waals surface area contributed by atoms with Gasteiger partial charge >= 0.3 is 0 Å². The van der Waals surface area contributed by atoms with E-state index in [1.54, 1.807) is 0 Å². The number of nitrogens with one attached hydrogen (secondary N) is 1. The Morgan fingerprint density at radius 2 is 1.70 bits per heavy atom. The van der Waals surface area contributed by atoms with Crippen molar-refractivity contribution in [2.45, 2.75) is 25.3 Å². The monoisotopic (exact) mass is 406 g/mol. The highest BCUT2D eigenvalue weighted by Gasteiger charge is 2.27. The molecule has 160 valence electrons. The zero-order valence-corrected chi connectivity index (χ0v) is 18.1. The number of benzene rings is 2. The van der Waals surface area contributed by atoms with E-state index in [1.165, 1.54) is 31.5 Å². The number of hydrogen-bond donors (Lipinski definition) is 1. The molecule has 0 radical (unpaired) electrons. The lowest BCUT2D eigenvalue weighted by Crippen LogP contribution is -2.55. The topological polar surface area (TPSA) is 38.8 Å². The first kappa shape index (κ1) is 21.0. The van der Waals surface area contributed by atoms with Crippen molar-refractivity contribution in [1.29, 1.82) is 0 Å². The maximum Gasteiger partial charge on any atom is 0.238 e. The highest BCUT2D eigenvalue weighted by atomic mass is 16.2. The second-order valence-electron chi connectivity index (χ2n) is 8.74. The number of rotatable bonds is 6. The van der Waals surface area contributed by atoms with E-state index in [0.29, 0.717) is 12.6 Å². The smallest absolute Gasteiger partial charge is 0.238 e. The first-order chi connectivity index (χ1) is 14.7. The molecule has 2 fully saturated rings. The quantitative estimate of drug-likeness (QED) is 0.801. The number of piperidine rings is 1. The van der Waals surface area contributed by atoms with Crippen LogP contribution in [0.4, 0.5) is 5.69 Å². The van der Waals surface area contributed by atoms with Gasteiger partial charge in [-0.05, 0) is 50.0 Å². The predicted molar refractivity (Wildman–Crippen MR) is 123 cm³/mol. The van der Waals surface area contributed by atoms with Crippen molar-refractivity contribution in [2.75, 3.05) is 58.2 Å². The molecule has 0 aliphatic carbocycles. The molecule has 30 heavy (non-hydrogen) atoms. The molecule has 1 amide bonds. The van der Waals surface area contributed by atoms with Gasteiger partial charge in [-0.15, -0.1) is 0 Å². The van der Waals surface area contributed by atoms with Crippen LogP contribution in [0.5, 0.6) is 0 Å². The van der Waals surface area contributed by atoms with Crippen LogP contribution in [-0.2, 0) is 11.2 Å². The van der Waals surface area contributed by atoms with Gasteiger partial charge in [0.15, 0.2) is 0 Å². The van der Waals surface area contributed by atoms with Gasteiger partial charge in [0.1, 0.15) is 0 Å². The summed E-state index contributed by atoms with van der Waals surface area (Å²) in [6, 6.07) is 19.2. The number of piperazine rings is 1. The van der Waals surface area contributed by atoms with E-state index < -0.39 is 0 Å². The highest BCUT2D eigenvalue weighted by Crippen LogP contribution is 2.20. The Kier molecular flexibility index (Phi) is 7.16. The van der Waals surface area contributed by atoms with Crippen molar-refractivity contribution < 1.29 is 4.79 Å². The summed E-state index contributed by atoms with van der Waals surface area (Å²) < 4.78 is 0. The van der Waals surface area contributed by atoms with Gasteiger partial charge in [-0.25, -0.2) is 0 Å². The molecule has 2 aromatic carbocycles. The zero-order chi connectivity index (χ0) is 20.8. The van der Waals surface area contributed by atoms with Crippen LogP contribution in [0.1, 0.15) is 24.0 Å². The first-order valence-corrected chi connectivity index (χ1v) is 11.2. The Morgan fingerprint density at radius 3 is 2.47 bits per heavy atom. The molecule has 2 heterocycles. The number of hydrogen-bond acceptors (Lipinski definition) is 4. The summed E-state index contributed by atoms with van der Waals surface area (Å²) in [5.41, 5.74) is 3.34. The van der Waals surface area contributed by atoms with Gasteiger partial charge in [-0.3, -0.25) is 14.6 Å².